The first-order valence-electron chi connectivity index (χ1n) is 5.03. The molecule has 0 radical (unpaired) electrons. The zero-order valence-corrected chi connectivity index (χ0v) is 9.14. The molecule has 1 aliphatic rings. The maximum absolute atomic E-state index is 13.3. The van der Waals surface area contributed by atoms with Gasteiger partial charge in [-0.3, -0.25) is 0 Å². The van der Waals surface area contributed by atoms with Gasteiger partial charge in [0, 0.05) is 12.1 Å². The summed E-state index contributed by atoms with van der Waals surface area (Å²) < 4.78 is 14.2. The highest BCUT2D eigenvalue weighted by Gasteiger charge is 2.22. The van der Waals surface area contributed by atoms with E-state index < -0.39 is 5.82 Å². The number of hydrogen-bond donors (Lipinski definition) is 1. The molecule has 3 rings (SSSR count). The van der Waals surface area contributed by atoms with Gasteiger partial charge in [0.25, 0.3) is 0 Å². The predicted octanol–water partition coefficient (Wildman–Crippen LogP) is 2.88. The van der Waals surface area contributed by atoms with E-state index in [1.54, 1.807) is 6.07 Å². The maximum atomic E-state index is 13.3. The number of nitrogens with zero attached hydrogens (tertiary/aromatic N) is 2. The smallest absolute Gasteiger partial charge is 0.184 e. The lowest BCUT2D eigenvalue weighted by Crippen LogP contribution is -1.99. The van der Waals surface area contributed by atoms with Gasteiger partial charge in [0.15, 0.2) is 5.13 Å². The molecule has 0 amide bonds. The zero-order chi connectivity index (χ0) is 11.1. The van der Waals surface area contributed by atoms with Gasteiger partial charge in [-0.1, -0.05) is 11.3 Å². The third-order valence-corrected chi connectivity index (χ3v) is 3.45. The second-order valence-electron chi connectivity index (χ2n) is 3.85. The molecular weight excluding hydrogens is 225 g/mol. The third kappa shape index (κ3) is 1.61. The summed E-state index contributed by atoms with van der Waals surface area (Å²) in [5, 5.41) is 12.8. The lowest BCUT2D eigenvalue weighted by atomic mass is 10.2. The topological polar surface area (TPSA) is 48.7 Å². The molecule has 0 spiro atoms. The minimum absolute atomic E-state index is 0.0779. The standard InChI is InChI=1S/C11H8FN3S/c12-8-4-9-10(3-6(8)5-13)16-11(15-9)14-7-1-2-7/h3-4,7H,1-2H2,(H,14,15). The van der Waals surface area contributed by atoms with Crippen LogP contribution in [-0.4, -0.2) is 11.0 Å². The Hall–Kier alpha value is -1.67. The summed E-state index contributed by atoms with van der Waals surface area (Å²) in [5.41, 5.74) is 0.693. The fourth-order valence-corrected chi connectivity index (χ4v) is 2.46. The maximum Gasteiger partial charge on any atom is 0.184 e. The lowest BCUT2D eigenvalue weighted by Gasteiger charge is -1.94. The minimum atomic E-state index is -0.502. The van der Waals surface area contributed by atoms with Crippen LogP contribution in [0, 0.1) is 17.1 Å². The van der Waals surface area contributed by atoms with Gasteiger partial charge in [0.1, 0.15) is 11.9 Å². The summed E-state index contributed by atoms with van der Waals surface area (Å²) in [4.78, 5) is 4.29. The van der Waals surface area contributed by atoms with Crippen LogP contribution in [0.25, 0.3) is 10.2 Å². The van der Waals surface area contributed by atoms with Crippen LogP contribution >= 0.6 is 11.3 Å². The molecule has 1 N–H and O–H groups in total. The number of nitriles is 1. The van der Waals surface area contributed by atoms with E-state index in [9.17, 15) is 4.39 Å². The van der Waals surface area contributed by atoms with Crippen LogP contribution in [0.2, 0.25) is 0 Å². The van der Waals surface area contributed by atoms with Gasteiger partial charge in [-0.2, -0.15) is 5.26 Å². The molecule has 80 valence electrons. The third-order valence-electron chi connectivity index (χ3n) is 2.50. The highest BCUT2D eigenvalue weighted by atomic mass is 32.1. The Morgan fingerprint density at radius 1 is 1.50 bits per heavy atom. The molecule has 1 aliphatic carbocycles. The molecule has 5 heteroatoms. The monoisotopic (exact) mass is 233 g/mol. The Balaban J connectivity index is 2.06. The second kappa shape index (κ2) is 3.42. The van der Waals surface area contributed by atoms with E-state index in [0.717, 1.165) is 9.83 Å². The van der Waals surface area contributed by atoms with Gasteiger partial charge in [-0.15, -0.1) is 0 Å². The Morgan fingerprint density at radius 2 is 2.31 bits per heavy atom. The van der Waals surface area contributed by atoms with Crippen LogP contribution in [-0.2, 0) is 0 Å². The van der Waals surface area contributed by atoms with Gasteiger partial charge in [-0.05, 0) is 18.9 Å². The van der Waals surface area contributed by atoms with Crippen LogP contribution in [0.15, 0.2) is 12.1 Å². The van der Waals surface area contributed by atoms with E-state index in [1.165, 1.54) is 30.2 Å². The summed E-state index contributed by atoms with van der Waals surface area (Å²) >= 11 is 1.46. The Bertz CT molecular complexity index is 595. The summed E-state index contributed by atoms with van der Waals surface area (Å²) in [5.74, 6) is -0.502. The molecule has 2 aromatic rings. The number of hydrogen-bond acceptors (Lipinski definition) is 4. The van der Waals surface area contributed by atoms with E-state index in [0.29, 0.717) is 11.6 Å². The van der Waals surface area contributed by atoms with Gasteiger partial charge in [0.05, 0.1) is 15.8 Å². The number of thiazole rings is 1. The first-order valence-corrected chi connectivity index (χ1v) is 5.84. The molecular formula is C11H8FN3S. The fraction of sp³-hybridized carbons (Fsp3) is 0.273. The van der Waals surface area contributed by atoms with Crippen LogP contribution < -0.4 is 5.32 Å². The SMILES string of the molecule is N#Cc1cc2sc(NC3CC3)nc2cc1F. The number of halogens is 1. The van der Waals surface area contributed by atoms with E-state index in [4.69, 9.17) is 5.26 Å². The fourth-order valence-electron chi connectivity index (χ4n) is 1.50. The molecule has 0 atom stereocenters. The average Bonchev–Trinajstić information content (AvgIpc) is 2.97. The molecule has 1 saturated carbocycles. The largest absolute Gasteiger partial charge is 0.359 e. The van der Waals surface area contributed by atoms with Crippen molar-refractivity contribution < 1.29 is 4.39 Å². The van der Waals surface area contributed by atoms with Crippen molar-refractivity contribution in [2.75, 3.05) is 5.32 Å². The summed E-state index contributed by atoms with van der Waals surface area (Å²) in [7, 11) is 0. The molecule has 0 bridgehead atoms. The number of fused-ring (bicyclic) bond motifs is 1. The average molecular weight is 233 g/mol. The second-order valence-corrected chi connectivity index (χ2v) is 4.88. The summed E-state index contributed by atoms with van der Waals surface area (Å²) in [6.45, 7) is 0. The first kappa shape index (κ1) is 9.55. The number of benzene rings is 1. The summed E-state index contributed by atoms with van der Waals surface area (Å²) in [6, 6.07) is 5.24. The van der Waals surface area contributed by atoms with E-state index in [2.05, 4.69) is 10.3 Å². The van der Waals surface area contributed by atoms with Gasteiger partial charge in [-0.25, -0.2) is 9.37 Å². The van der Waals surface area contributed by atoms with Crippen LogP contribution in [0.4, 0.5) is 9.52 Å². The number of anilines is 1. The highest BCUT2D eigenvalue weighted by molar-refractivity contribution is 7.22. The molecule has 1 aromatic carbocycles. The number of rotatable bonds is 2. The normalized spacial score (nSPS) is 15.0. The zero-order valence-electron chi connectivity index (χ0n) is 8.33. The predicted molar refractivity (Wildman–Crippen MR) is 60.9 cm³/mol. The minimum Gasteiger partial charge on any atom is -0.359 e. The molecule has 1 aromatic heterocycles. The Morgan fingerprint density at radius 3 is 3.00 bits per heavy atom. The van der Waals surface area contributed by atoms with Crippen molar-refractivity contribution in [1.82, 2.24) is 4.98 Å². The molecule has 1 fully saturated rings. The van der Waals surface area contributed by atoms with E-state index >= 15 is 0 Å². The van der Waals surface area contributed by atoms with Crippen molar-refractivity contribution in [3.05, 3.63) is 23.5 Å². The van der Waals surface area contributed by atoms with Crippen molar-refractivity contribution in [3.8, 4) is 6.07 Å². The molecule has 16 heavy (non-hydrogen) atoms. The van der Waals surface area contributed by atoms with Crippen molar-refractivity contribution in [3.63, 3.8) is 0 Å². The lowest BCUT2D eigenvalue weighted by molar-refractivity contribution is 0.625. The molecule has 0 aliphatic heterocycles. The van der Waals surface area contributed by atoms with Crippen LogP contribution in [0.5, 0.6) is 0 Å². The van der Waals surface area contributed by atoms with Crippen LogP contribution in [0.3, 0.4) is 0 Å². The number of nitrogens with one attached hydrogen (secondary N) is 1. The summed E-state index contributed by atoms with van der Waals surface area (Å²) in [6.07, 6.45) is 2.35. The van der Waals surface area contributed by atoms with Crippen molar-refractivity contribution in [2.45, 2.75) is 18.9 Å². The van der Waals surface area contributed by atoms with Crippen LogP contribution in [0.1, 0.15) is 18.4 Å². The van der Waals surface area contributed by atoms with Crippen molar-refractivity contribution >= 4 is 26.7 Å². The molecule has 1 heterocycles. The Kier molecular flexibility index (Phi) is 2.04. The van der Waals surface area contributed by atoms with Gasteiger partial charge < -0.3 is 5.32 Å². The van der Waals surface area contributed by atoms with Crippen molar-refractivity contribution in [1.29, 1.82) is 5.26 Å². The Labute approximate surface area is 95.5 Å². The molecule has 0 unspecified atom stereocenters. The first-order chi connectivity index (χ1) is 7.76. The molecule has 0 saturated heterocycles. The molecule has 3 nitrogen and oxygen atoms in total. The number of aromatic nitrogens is 1. The van der Waals surface area contributed by atoms with E-state index in [-0.39, 0.29) is 5.56 Å². The quantitative estimate of drug-likeness (QED) is 0.867. The van der Waals surface area contributed by atoms with Gasteiger partial charge in [0.2, 0.25) is 0 Å². The van der Waals surface area contributed by atoms with Gasteiger partial charge >= 0.3 is 0 Å². The van der Waals surface area contributed by atoms with E-state index in [1.807, 2.05) is 6.07 Å². The highest BCUT2D eigenvalue weighted by Crippen LogP contribution is 2.31. The van der Waals surface area contributed by atoms with Crippen molar-refractivity contribution in [2.24, 2.45) is 0 Å².